The van der Waals surface area contributed by atoms with E-state index in [0.717, 1.165) is 28.1 Å². The highest BCUT2D eigenvalue weighted by molar-refractivity contribution is 7.09. The lowest BCUT2D eigenvalue weighted by Crippen LogP contribution is -2.08. The van der Waals surface area contributed by atoms with Gasteiger partial charge in [-0.25, -0.2) is 9.78 Å². The summed E-state index contributed by atoms with van der Waals surface area (Å²) in [5, 5.41) is 3.82. The summed E-state index contributed by atoms with van der Waals surface area (Å²) >= 11 is 1.49. The average molecular weight is 372 g/mol. The van der Waals surface area contributed by atoms with Crippen molar-refractivity contribution in [3.63, 3.8) is 0 Å². The number of aromatic nitrogens is 2. The molecular formula is C20H24N2O3S. The molecule has 5 nitrogen and oxygen atoms in total. The number of hydrogen-bond acceptors (Lipinski definition) is 5. The van der Waals surface area contributed by atoms with Crippen molar-refractivity contribution < 1.29 is 14.3 Å². The average Bonchev–Trinajstić information content (AvgIpc) is 3.26. The summed E-state index contributed by atoms with van der Waals surface area (Å²) in [6.07, 6.45) is 1.05. The van der Waals surface area contributed by atoms with Crippen molar-refractivity contribution in [2.24, 2.45) is 0 Å². The number of nitrogens with zero attached hydrogens (tertiary/aromatic N) is 2. The van der Waals surface area contributed by atoms with Gasteiger partial charge < -0.3 is 14.0 Å². The van der Waals surface area contributed by atoms with Crippen molar-refractivity contribution >= 4 is 28.2 Å². The van der Waals surface area contributed by atoms with Crippen LogP contribution in [-0.4, -0.2) is 29.2 Å². The number of methoxy groups -OCH3 is 1. The minimum Gasteiger partial charge on any atom is -0.497 e. The van der Waals surface area contributed by atoms with Crippen LogP contribution in [0.5, 0.6) is 5.75 Å². The molecule has 0 amide bonds. The largest absolute Gasteiger partial charge is 0.497 e. The lowest BCUT2D eigenvalue weighted by atomic mass is 10.1. The van der Waals surface area contributed by atoms with E-state index in [1.165, 1.54) is 17.0 Å². The predicted octanol–water partition coefficient (Wildman–Crippen LogP) is 4.84. The van der Waals surface area contributed by atoms with E-state index in [1.807, 2.05) is 6.07 Å². The number of carbonyl (C=O) groups excluding carboxylic acids is 1. The zero-order valence-electron chi connectivity index (χ0n) is 15.6. The zero-order chi connectivity index (χ0) is 18.7. The third-order valence-electron chi connectivity index (χ3n) is 4.59. The van der Waals surface area contributed by atoms with E-state index >= 15 is 0 Å². The van der Waals surface area contributed by atoms with Gasteiger partial charge in [0.1, 0.15) is 10.8 Å². The first-order valence-corrected chi connectivity index (χ1v) is 9.74. The standard InChI is InChI=1S/C20H24N2O3S/c1-5-13(3)18-10-14-9-15(24-4)7-8-17(14)22(18)11-19-21-16(12-26-19)20(23)25-6-2/h7-10,12-13H,5-6,11H2,1-4H3. The molecular weight excluding hydrogens is 348 g/mol. The molecule has 0 aliphatic carbocycles. The second kappa shape index (κ2) is 7.91. The van der Waals surface area contributed by atoms with Gasteiger partial charge in [0.2, 0.25) is 0 Å². The first-order valence-electron chi connectivity index (χ1n) is 8.86. The molecule has 0 fully saturated rings. The fourth-order valence-electron chi connectivity index (χ4n) is 3.01. The Labute approximate surface area is 157 Å². The van der Waals surface area contributed by atoms with Crippen molar-refractivity contribution in [1.82, 2.24) is 9.55 Å². The first-order chi connectivity index (χ1) is 12.6. The number of ether oxygens (including phenoxy) is 2. The minimum atomic E-state index is -0.362. The van der Waals surface area contributed by atoms with Crippen LogP contribution in [0.15, 0.2) is 29.6 Å². The van der Waals surface area contributed by atoms with Crippen molar-refractivity contribution in [2.45, 2.75) is 39.7 Å². The summed E-state index contributed by atoms with van der Waals surface area (Å²) in [5.41, 5.74) is 2.80. The molecule has 2 aromatic heterocycles. The quantitative estimate of drug-likeness (QED) is 0.557. The van der Waals surface area contributed by atoms with Crippen molar-refractivity contribution in [3.8, 4) is 5.75 Å². The van der Waals surface area contributed by atoms with Gasteiger partial charge in [-0.05, 0) is 43.5 Å². The number of thiazole rings is 1. The van der Waals surface area contributed by atoms with Crippen LogP contribution in [-0.2, 0) is 11.3 Å². The number of benzene rings is 1. The lowest BCUT2D eigenvalue weighted by Gasteiger charge is -2.14. The molecule has 1 atom stereocenters. The van der Waals surface area contributed by atoms with Crippen molar-refractivity contribution in [2.75, 3.05) is 13.7 Å². The Morgan fingerprint density at radius 1 is 1.31 bits per heavy atom. The van der Waals surface area contributed by atoms with Crippen LogP contribution in [0.1, 0.15) is 54.3 Å². The lowest BCUT2D eigenvalue weighted by molar-refractivity contribution is 0.0520. The third-order valence-corrected chi connectivity index (χ3v) is 5.42. The molecule has 0 N–H and O–H groups in total. The second-order valence-electron chi connectivity index (χ2n) is 6.24. The fourth-order valence-corrected chi connectivity index (χ4v) is 3.76. The number of esters is 1. The van der Waals surface area contributed by atoms with Crippen molar-refractivity contribution in [1.29, 1.82) is 0 Å². The molecule has 0 saturated heterocycles. The van der Waals surface area contributed by atoms with E-state index in [-0.39, 0.29) is 5.97 Å². The highest BCUT2D eigenvalue weighted by Crippen LogP contribution is 2.31. The summed E-state index contributed by atoms with van der Waals surface area (Å²) in [4.78, 5) is 16.3. The number of carbonyl (C=O) groups is 1. The molecule has 1 aromatic carbocycles. The Morgan fingerprint density at radius 3 is 2.81 bits per heavy atom. The Hall–Kier alpha value is -2.34. The van der Waals surface area contributed by atoms with E-state index in [0.29, 0.717) is 24.8 Å². The molecule has 1 unspecified atom stereocenters. The Balaban J connectivity index is 1.99. The van der Waals surface area contributed by atoms with Crippen molar-refractivity contribution in [3.05, 3.63) is 46.0 Å². The minimum absolute atomic E-state index is 0.355. The molecule has 0 bridgehead atoms. The van der Waals surface area contributed by atoms with Crippen LogP contribution >= 0.6 is 11.3 Å². The molecule has 3 rings (SSSR count). The Bertz CT molecular complexity index is 913. The van der Waals surface area contributed by atoms with E-state index < -0.39 is 0 Å². The van der Waals surface area contributed by atoms with Gasteiger partial charge in [0, 0.05) is 22.0 Å². The summed E-state index contributed by atoms with van der Waals surface area (Å²) in [7, 11) is 1.68. The first kappa shape index (κ1) is 18.5. The molecule has 0 saturated carbocycles. The fraction of sp³-hybridized carbons (Fsp3) is 0.400. The number of fused-ring (bicyclic) bond motifs is 1. The third kappa shape index (κ3) is 3.60. The second-order valence-corrected chi connectivity index (χ2v) is 7.18. The van der Waals surface area contributed by atoms with Gasteiger partial charge in [0.25, 0.3) is 0 Å². The molecule has 26 heavy (non-hydrogen) atoms. The molecule has 0 aliphatic rings. The molecule has 0 radical (unpaired) electrons. The summed E-state index contributed by atoms with van der Waals surface area (Å²) in [5.74, 6) is 0.918. The van der Waals surface area contributed by atoms with Crippen LogP contribution in [0.25, 0.3) is 10.9 Å². The highest BCUT2D eigenvalue weighted by Gasteiger charge is 2.17. The van der Waals surface area contributed by atoms with E-state index in [9.17, 15) is 4.79 Å². The maximum absolute atomic E-state index is 11.9. The van der Waals surface area contributed by atoms with Gasteiger partial charge in [0.05, 0.1) is 20.3 Å². The van der Waals surface area contributed by atoms with E-state index in [1.54, 1.807) is 19.4 Å². The zero-order valence-corrected chi connectivity index (χ0v) is 16.4. The summed E-state index contributed by atoms with van der Waals surface area (Å²) in [6.45, 7) is 7.21. The molecule has 2 heterocycles. The normalized spacial score (nSPS) is 12.3. The molecule has 6 heteroatoms. The Kier molecular flexibility index (Phi) is 5.61. The SMILES string of the molecule is CCOC(=O)c1csc(Cn2c(C(C)CC)cc3cc(OC)ccc32)n1. The smallest absolute Gasteiger partial charge is 0.357 e. The monoisotopic (exact) mass is 372 g/mol. The van der Waals surface area contributed by atoms with E-state index in [2.05, 4.69) is 41.6 Å². The van der Waals surface area contributed by atoms with Crippen LogP contribution in [0.3, 0.4) is 0 Å². The maximum atomic E-state index is 11.9. The van der Waals surface area contributed by atoms with Gasteiger partial charge in [-0.1, -0.05) is 13.8 Å². The summed E-state index contributed by atoms with van der Waals surface area (Å²) < 4.78 is 12.7. The summed E-state index contributed by atoms with van der Waals surface area (Å²) in [6, 6.07) is 8.35. The molecule has 0 aliphatic heterocycles. The topological polar surface area (TPSA) is 53.4 Å². The van der Waals surface area contributed by atoms with Gasteiger partial charge in [-0.2, -0.15) is 0 Å². The Morgan fingerprint density at radius 2 is 2.12 bits per heavy atom. The van der Waals surface area contributed by atoms with Crippen LogP contribution < -0.4 is 4.74 Å². The van der Waals surface area contributed by atoms with E-state index in [4.69, 9.17) is 9.47 Å². The predicted molar refractivity (Wildman–Crippen MR) is 104 cm³/mol. The van der Waals surface area contributed by atoms with Crippen LogP contribution in [0.2, 0.25) is 0 Å². The number of rotatable bonds is 7. The van der Waals surface area contributed by atoms with Gasteiger partial charge in [-0.15, -0.1) is 11.3 Å². The maximum Gasteiger partial charge on any atom is 0.357 e. The van der Waals surface area contributed by atoms with Gasteiger partial charge in [-0.3, -0.25) is 0 Å². The molecule has 3 aromatic rings. The highest BCUT2D eigenvalue weighted by atomic mass is 32.1. The van der Waals surface area contributed by atoms with Gasteiger partial charge >= 0.3 is 5.97 Å². The molecule has 0 spiro atoms. The van der Waals surface area contributed by atoms with Gasteiger partial charge in [0.15, 0.2) is 5.69 Å². The van der Waals surface area contributed by atoms with Crippen LogP contribution in [0.4, 0.5) is 0 Å². The van der Waals surface area contributed by atoms with Crippen LogP contribution in [0, 0.1) is 0 Å². The number of hydrogen-bond donors (Lipinski definition) is 0. The molecule has 138 valence electrons.